The van der Waals surface area contributed by atoms with Gasteiger partial charge in [0.25, 0.3) is 5.91 Å². The number of benzene rings is 2. The zero-order chi connectivity index (χ0) is 20.5. The van der Waals surface area contributed by atoms with E-state index in [2.05, 4.69) is 5.10 Å². The third kappa shape index (κ3) is 3.40. The third-order valence-corrected chi connectivity index (χ3v) is 5.27. The molecule has 0 saturated carbocycles. The van der Waals surface area contributed by atoms with E-state index >= 15 is 0 Å². The lowest BCUT2D eigenvalue weighted by atomic mass is 10.1. The Kier molecular flexibility index (Phi) is 4.65. The van der Waals surface area contributed by atoms with Gasteiger partial charge in [-0.25, -0.2) is 9.50 Å². The van der Waals surface area contributed by atoms with Crippen molar-refractivity contribution < 1.29 is 14.6 Å². The lowest BCUT2D eigenvalue weighted by Gasteiger charge is -2.26. The number of rotatable bonds is 3. The molecule has 0 bridgehead atoms. The molecule has 0 aliphatic carbocycles. The fourth-order valence-electron chi connectivity index (χ4n) is 3.61. The van der Waals surface area contributed by atoms with E-state index in [1.807, 2.05) is 53.6 Å². The number of amides is 1. The van der Waals surface area contributed by atoms with Crippen LogP contribution in [0.2, 0.25) is 0 Å². The Balaban J connectivity index is 1.45. The fourth-order valence-corrected chi connectivity index (χ4v) is 3.61. The number of aromatic hydroxyl groups is 1. The van der Waals surface area contributed by atoms with E-state index in [1.54, 1.807) is 22.8 Å². The van der Waals surface area contributed by atoms with Gasteiger partial charge in [-0.1, -0.05) is 24.3 Å². The zero-order valence-corrected chi connectivity index (χ0v) is 16.2. The van der Waals surface area contributed by atoms with E-state index in [0.717, 1.165) is 28.0 Å². The number of hydrogen-bond acceptors (Lipinski definition) is 5. The van der Waals surface area contributed by atoms with Gasteiger partial charge in [-0.15, -0.1) is 0 Å². The van der Waals surface area contributed by atoms with Crippen LogP contribution in [-0.4, -0.2) is 56.8 Å². The quantitative estimate of drug-likeness (QED) is 0.571. The summed E-state index contributed by atoms with van der Waals surface area (Å²) in [7, 11) is 0. The Morgan fingerprint density at radius 1 is 0.933 bits per heavy atom. The summed E-state index contributed by atoms with van der Waals surface area (Å²) in [5.41, 5.74) is 4.93. The van der Waals surface area contributed by atoms with Crippen LogP contribution in [0.4, 0.5) is 0 Å². The predicted octanol–water partition coefficient (Wildman–Crippen LogP) is 3.24. The first-order chi connectivity index (χ1) is 14.7. The summed E-state index contributed by atoms with van der Waals surface area (Å²) in [4.78, 5) is 19.3. The van der Waals surface area contributed by atoms with Crippen LogP contribution in [0.15, 0.2) is 67.0 Å². The van der Waals surface area contributed by atoms with E-state index < -0.39 is 0 Å². The molecule has 0 spiro atoms. The number of carbonyl (C=O) groups is 1. The van der Waals surface area contributed by atoms with Crippen LogP contribution in [0, 0.1) is 0 Å². The number of phenolic OH excluding ortho intramolecular Hbond substituents is 1. The second-order valence-corrected chi connectivity index (χ2v) is 7.17. The van der Waals surface area contributed by atoms with Crippen LogP contribution >= 0.6 is 0 Å². The van der Waals surface area contributed by atoms with E-state index in [9.17, 15) is 9.90 Å². The molecular formula is C23H20N4O3. The van der Waals surface area contributed by atoms with Crippen molar-refractivity contribution in [2.45, 2.75) is 0 Å². The monoisotopic (exact) mass is 400 g/mol. The normalized spacial score (nSPS) is 14.2. The molecule has 7 nitrogen and oxygen atoms in total. The van der Waals surface area contributed by atoms with Gasteiger partial charge < -0.3 is 14.7 Å². The maximum Gasteiger partial charge on any atom is 0.254 e. The van der Waals surface area contributed by atoms with E-state index in [-0.39, 0.29) is 11.7 Å². The molecule has 1 fully saturated rings. The average Bonchev–Trinajstić information content (AvgIpc) is 3.23. The molecule has 1 aliphatic rings. The summed E-state index contributed by atoms with van der Waals surface area (Å²) >= 11 is 0. The number of morpholine rings is 1. The Hall–Kier alpha value is -3.71. The third-order valence-electron chi connectivity index (χ3n) is 5.27. The molecule has 3 heterocycles. The van der Waals surface area contributed by atoms with Crippen LogP contribution in [-0.2, 0) is 4.74 Å². The first kappa shape index (κ1) is 18.3. The molecule has 30 heavy (non-hydrogen) atoms. The van der Waals surface area contributed by atoms with Crippen molar-refractivity contribution in [3.8, 4) is 28.1 Å². The molecule has 150 valence electrons. The summed E-state index contributed by atoms with van der Waals surface area (Å²) in [5, 5.41) is 13.9. The Morgan fingerprint density at radius 3 is 2.37 bits per heavy atom. The number of fused-ring (bicyclic) bond motifs is 1. The van der Waals surface area contributed by atoms with Crippen molar-refractivity contribution >= 4 is 11.6 Å². The second kappa shape index (κ2) is 7.61. The Bertz CT molecular complexity index is 1190. The van der Waals surface area contributed by atoms with Crippen molar-refractivity contribution in [3.05, 3.63) is 72.6 Å². The molecule has 5 rings (SSSR count). The molecule has 1 amide bonds. The summed E-state index contributed by atoms with van der Waals surface area (Å²) in [6, 6.07) is 16.4. The standard InChI is InChI=1S/C23H20N4O3/c28-19-7-5-16(6-8-19)20-15-24-27-10-9-21(25-22(20)27)17-1-3-18(4-2-17)23(29)26-11-13-30-14-12-26/h1-10,15,28H,11-14H2. The first-order valence-electron chi connectivity index (χ1n) is 9.80. The van der Waals surface area contributed by atoms with Crippen molar-refractivity contribution in [1.82, 2.24) is 19.5 Å². The second-order valence-electron chi connectivity index (χ2n) is 7.17. The summed E-state index contributed by atoms with van der Waals surface area (Å²) in [6.07, 6.45) is 3.64. The van der Waals surface area contributed by atoms with Crippen LogP contribution in [0.3, 0.4) is 0 Å². The van der Waals surface area contributed by atoms with E-state index in [4.69, 9.17) is 9.72 Å². The molecule has 1 N–H and O–H groups in total. The highest BCUT2D eigenvalue weighted by molar-refractivity contribution is 5.94. The van der Waals surface area contributed by atoms with Gasteiger partial charge in [0.05, 0.1) is 25.1 Å². The summed E-state index contributed by atoms with van der Waals surface area (Å²) < 4.78 is 7.04. The zero-order valence-electron chi connectivity index (χ0n) is 16.2. The molecule has 0 radical (unpaired) electrons. The maximum atomic E-state index is 12.6. The van der Waals surface area contributed by atoms with Crippen molar-refractivity contribution in [1.29, 1.82) is 0 Å². The molecule has 4 aromatic rings. The number of hydrogen-bond donors (Lipinski definition) is 1. The van der Waals surface area contributed by atoms with Gasteiger partial charge in [-0.2, -0.15) is 5.10 Å². The minimum absolute atomic E-state index is 0.0265. The van der Waals surface area contributed by atoms with Crippen molar-refractivity contribution in [2.24, 2.45) is 0 Å². The molecule has 1 saturated heterocycles. The lowest BCUT2D eigenvalue weighted by Crippen LogP contribution is -2.40. The van der Waals surface area contributed by atoms with Gasteiger partial charge >= 0.3 is 0 Å². The van der Waals surface area contributed by atoms with Crippen LogP contribution < -0.4 is 0 Å². The van der Waals surface area contributed by atoms with Gasteiger partial charge in [0.1, 0.15) is 5.75 Å². The molecule has 0 atom stereocenters. The SMILES string of the molecule is O=C(c1ccc(-c2ccn3ncc(-c4ccc(O)cc4)c3n2)cc1)N1CCOCC1. The Labute approximate surface area is 173 Å². The van der Waals surface area contributed by atoms with Crippen LogP contribution in [0.5, 0.6) is 5.75 Å². The fraction of sp³-hybridized carbons (Fsp3) is 0.174. The molecular weight excluding hydrogens is 380 g/mol. The number of ether oxygens (including phenoxy) is 1. The lowest BCUT2D eigenvalue weighted by molar-refractivity contribution is 0.0303. The molecule has 2 aromatic carbocycles. The molecule has 0 unspecified atom stereocenters. The largest absolute Gasteiger partial charge is 0.508 e. The molecule has 7 heteroatoms. The topological polar surface area (TPSA) is 80.0 Å². The highest BCUT2D eigenvalue weighted by Crippen LogP contribution is 2.27. The van der Waals surface area contributed by atoms with Gasteiger partial charge in [0.15, 0.2) is 5.65 Å². The smallest absolute Gasteiger partial charge is 0.254 e. The first-order valence-corrected chi connectivity index (χ1v) is 9.80. The van der Waals surface area contributed by atoms with Crippen LogP contribution in [0.1, 0.15) is 10.4 Å². The minimum Gasteiger partial charge on any atom is -0.508 e. The average molecular weight is 400 g/mol. The van der Waals surface area contributed by atoms with Crippen LogP contribution in [0.25, 0.3) is 28.0 Å². The van der Waals surface area contributed by atoms with Crippen molar-refractivity contribution in [3.63, 3.8) is 0 Å². The number of nitrogens with zero attached hydrogens (tertiary/aromatic N) is 4. The maximum absolute atomic E-state index is 12.6. The number of carbonyl (C=O) groups excluding carboxylic acids is 1. The van der Waals surface area contributed by atoms with E-state index in [1.165, 1.54) is 0 Å². The predicted molar refractivity (Wildman–Crippen MR) is 112 cm³/mol. The van der Waals surface area contributed by atoms with Gasteiger partial charge in [-0.05, 0) is 35.9 Å². The molecule has 2 aromatic heterocycles. The van der Waals surface area contributed by atoms with Gasteiger partial charge in [-0.3, -0.25) is 4.79 Å². The van der Waals surface area contributed by atoms with E-state index in [0.29, 0.717) is 31.9 Å². The van der Waals surface area contributed by atoms with Gasteiger partial charge in [0.2, 0.25) is 0 Å². The highest BCUT2D eigenvalue weighted by atomic mass is 16.5. The van der Waals surface area contributed by atoms with Gasteiger partial charge in [0, 0.05) is 36.0 Å². The summed E-state index contributed by atoms with van der Waals surface area (Å²) in [6.45, 7) is 2.42. The molecule has 1 aliphatic heterocycles. The van der Waals surface area contributed by atoms with Crippen molar-refractivity contribution in [2.75, 3.05) is 26.3 Å². The minimum atomic E-state index is 0.0265. The highest BCUT2D eigenvalue weighted by Gasteiger charge is 2.18. The number of aromatic nitrogens is 3. The summed E-state index contributed by atoms with van der Waals surface area (Å²) in [5.74, 6) is 0.245. The number of phenols is 1. The Morgan fingerprint density at radius 2 is 1.63 bits per heavy atom.